The predicted octanol–water partition coefficient (Wildman–Crippen LogP) is 4.11. The van der Waals surface area contributed by atoms with E-state index in [0.717, 1.165) is 43.4 Å². The quantitative estimate of drug-likeness (QED) is 0.832. The third kappa shape index (κ3) is 3.46. The Balaban J connectivity index is 1.93. The van der Waals surface area contributed by atoms with Gasteiger partial charge in [0.05, 0.1) is 0 Å². The molecule has 122 valence electrons. The fourth-order valence-electron chi connectivity index (χ4n) is 3.10. The number of rotatable bonds is 5. The maximum Gasteiger partial charge on any atom is 0.232 e. The molecule has 2 heterocycles. The van der Waals surface area contributed by atoms with Gasteiger partial charge in [0.1, 0.15) is 5.82 Å². The van der Waals surface area contributed by atoms with Gasteiger partial charge < -0.3 is 9.80 Å². The van der Waals surface area contributed by atoms with Gasteiger partial charge in [0, 0.05) is 37.6 Å². The molecular weight excluding hydrogens is 284 g/mol. The molecule has 0 atom stereocenters. The highest BCUT2D eigenvalue weighted by atomic mass is 15.3. The van der Waals surface area contributed by atoms with Gasteiger partial charge in [0.2, 0.25) is 5.95 Å². The average molecular weight is 310 g/mol. The first-order valence-electron chi connectivity index (χ1n) is 8.61. The highest BCUT2D eigenvalue weighted by molar-refractivity contribution is 5.64. The summed E-state index contributed by atoms with van der Waals surface area (Å²) < 4.78 is 0. The number of fused-ring (bicyclic) bond motifs is 1. The number of hydrogen-bond acceptors (Lipinski definition) is 4. The molecular formula is C19H26N4. The van der Waals surface area contributed by atoms with Gasteiger partial charge in [0.15, 0.2) is 0 Å². The smallest absolute Gasteiger partial charge is 0.232 e. The lowest BCUT2D eigenvalue weighted by atomic mass is 10.0. The maximum absolute atomic E-state index is 4.85. The second-order valence-electron chi connectivity index (χ2n) is 6.33. The van der Waals surface area contributed by atoms with Crippen LogP contribution in [0.5, 0.6) is 0 Å². The maximum atomic E-state index is 4.85. The van der Waals surface area contributed by atoms with Gasteiger partial charge in [-0.2, -0.15) is 4.98 Å². The molecule has 0 unspecified atom stereocenters. The molecule has 4 heteroatoms. The summed E-state index contributed by atoms with van der Waals surface area (Å²) in [5.41, 5.74) is 3.67. The number of aromatic nitrogens is 2. The average Bonchev–Trinajstić information content (AvgIpc) is 2.58. The number of benzene rings is 1. The van der Waals surface area contributed by atoms with Gasteiger partial charge in [-0.25, -0.2) is 4.98 Å². The third-order valence-corrected chi connectivity index (χ3v) is 4.42. The van der Waals surface area contributed by atoms with E-state index in [1.54, 1.807) is 0 Å². The summed E-state index contributed by atoms with van der Waals surface area (Å²) in [5.74, 6) is 1.85. The van der Waals surface area contributed by atoms with E-state index < -0.39 is 0 Å². The van der Waals surface area contributed by atoms with Crippen LogP contribution in [0.25, 0.3) is 0 Å². The van der Waals surface area contributed by atoms with Crippen molar-refractivity contribution in [2.45, 2.75) is 39.5 Å². The molecule has 0 fully saturated rings. The van der Waals surface area contributed by atoms with E-state index in [1.165, 1.54) is 24.1 Å². The molecule has 0 N–H and O–H groups in total. The SMILES string of the molecule is CCCCN(C)c1cc(C)nc(N2CCCc3ccccc32)n1. The van der Waals surface area contributed by atoms with Crippen molar-refractivity contribution >= 4 is 17.5 Å². The molecule has 2 aromatic rings. The topological polar surface area (TPSA) is 32.3 Å². The minimum Gasteiger partial charge on any atom is -0.360 e. The van der Waals surface area contributed by atoms with Crippen LogP contribution >= 0.6 is 0 Å². The van der Waals surface area contributed by atoms with Crippen LogP contribution in [0.1, 0.15) is 37.4 Å². The van der Waals surface area contributed by atoms with E-state index in [-0.39, 0.29) is 0 Å². The lowest BCUT2D eigenvalue weighted by molar-refractivity contribution is 0.737. The molecule has 0 spiro atoms. The molecule has 0 bridgehead atoms. The molecule has 0 saturated heterocycles. The lowest BCUT2D eigenvalue weighted by Gasteiger charge is -2.30. The molecule has 4 nitrogen and oxygen atoms in total. The van der Waals surface area contributed by atoms with Crippen LogP contribution in [0.15, 0.2) is 30.3 Å². The zero-order valence-electron chi connectivity index (χ0n) is 14.4. The van der Waals surface area contributed by atoms with E-state index in [2.05, 4.69) is 61.0 Å². The first-order chi connectivity index (χ1) is 11.2. The molecule has 0 radical (unpaired) electrons. The Morgan fingerprint density at radius 3 is 2.87 bits per heavy atom. The zero-order chi connectivity index (χ0) is 16.2. The molecule has 3 rings (SSSR count). The summed E-state index contributed by atoms with van der Waals surface area (Å²) in [6, 6.07) is 10.7. The number of unbranched alkanes of at least 4 members (excludes halogenated alkanes) is 1. The second-order valence-corrected chi connectivity index (χ2v) is 6.33. The minimum absolute atomic E-state index is 0.829. The first-order valence-corrected chi connectivity index (χ1v) is 8.61. The predicted molar refractivity (Wildman–Crippen MR) is 96.7 cm³/mol. The Morgan fingerprint density at radius 1 is 1.22 bits per heavy atom. The Hall–Kier alpha value is -2.10. The van der Waals surface area contributed by atoms with Crippen LogP contribution < -0.4 is 9.80 Å². The molecule has 1 aliphatic rings. The monoisotopic (exact) mass is 310 g/mol. The Morgan fingerprint density at radius 2 is 2.04 bits per heavy atom. The molecule has 1 aromatic heterocycles. The molecule has 0 aliphatic carbocycles. The first kappa shape index (κ1) is 15.8. The number of para-hydroxylation sites is 1. The lowest BCUT2D eigenvalue weighted by Crippen LogP contribution is -2.27. The van der Waals surface area contributed by atoms with Crippen molar-refractivity contribution in [3.63, 3.8) is 0 Å². The van der Waals surface area contributed by atoms with Crippen molar-refractivity contribution in [3.8, 4) is 0 Å². The molecule has 0 saturated carbocycles. The number of anilines is 3. The Labute approximate surface area is 139 Å². The van der Waals surface area contributed by atoms with Gasteiger partial charge in [-0.3, -0.25) is 0 Å². The van der Waals surface area contributed by atoms with Gasteiger partial charge in [-0.05, 0) is 37.8 Å². The van der Waals surface area contributed by atoms with Crippen molar-refractivity contribution in [2.24, 2.45) is 0 Å². The van der Waals surface area contributed by atoms with Crippen molar-refractivity contribution in [2.75, 3.05) is 29.9 Å². The molecule has 23 heavy (non-hydrogen) atoms. The second kappa shape index (κ2) is 6.99. The molecule has 1 aliphatic heterocycles. The van der Waals surface area contributed by atoms with E-state index in [4.69, 9.17) is 9.97 Å². The number of nitrogens with zero attached hydrogens (tertiary/aromatic N) is 4. The van der Waals surface area contributed by atoms with Gasteiger partial charge >= 0.3 is 0 Å². The van der Waals surface area contributed by atoms with Crippen LogP contribution in [0, 0.1) is 6.92 Å². The van der Waals surface area contributed by atoms with Crippen molar-refractivity contribution in [1.82, 2.24) is 9.97 Å². The van der Waals surface area contributed by atoms with E-state index in [1.807, 2.05) is 0 Å². The summed E-state index contributed by atoms with van der Waals surface area (Å²) in [7, 11) is 2.12. The van der Waals surface area contributed by atoms with Crippen LogP contribution in [-0.2, 0) is 6.42 Å². The third-order valence-electron chi connectivity index (χ3n) is 4.42. The van der Waals surface area contributed by atoms with Gasteiger partial charge in [0.25, 0.3) is 0 Å². The van der Waals surface area contributed by atoms with Crippen molar-refractivity contribution < 1.29 is 0 Å². The zero-order valence-corrected chi connectivity index (χ0v) is 14.4. The molecule has 0 amide bonds. The summed E-state index contributed by atoms with van der Waals surface area (Å²) in [4.78, 5) is 14.1. The summed E-state index contributed by atoms with van der Waals surface area (Å²) in [5, 5.41) is 0. The normalized spacial score (nSPS) is 13.8. The summed E-state index contributed by atoms with van der Waals surface area (Å²) in [6.07, 6.45) is 4.67. The number of aryl methyl sites for hydroxylation is 2. The minimum atomic E-state index is 0.829. The summed E-state index contributed by atoms with van der Waals surface area (Å²) >= 11 is 0. The van der Waals surface area contributed by atoms with Crippen LogP contribution in [0.2, 0.25) is 0 Å². The summed E-state index contributed by atoms with van der Waals surface area (Å²) in [6.45, 7) is 6.29. The van der Waals surface area contributed by atoms with Gasteiger partial charge in [-0.1, -0.05) is 31.5 Å². The standard InChI is InChI=1S/C19H26N4/c1-4-5-12-22(3)18-14-15(2)20-19(21-18)23-13-8-10-16-9-6-7-11-17(16)23/h6-7,9,11,14H,4-5,8,10,12-13H2,1-3H3. The highest BCUT2D eigenvalue weighted by Crippen LogP contribution is 2.32. The number of hydrogen-bond donors (Lipinski definition) is 0. The van der Waals surface area contributed by atoms with E-state index in [0.29, 0.717) is 0 Å². The highest BCUT2D eigenvalue weighted by Gasteiger charge is 2.20. The van der Waals surface area contributed by atoms with E-state index in [9.17, 15) is 0 Å². The van der Waals surface area contributed by atoms with Gasteiger partial charge in [-0.15, -0.1) is 0 Å². The Kier molecular flexibility index (Phi) is 4.79. The fourth-order valence-corrected chi connectivity index (χ4v) is 3.10. The van der Waals surface area contributed by atoms with Crippen LogP contribution in [0.4, 0.5) is 17.5 Å². The fraction of sp³-hybridized carbons (Fsp3) is 0.474. The largest absolute Gasteiger partial charge is 0.360 e. The van der Waals surface area contributed by atoms with E-state index >= 15 is 0 Å². The molecule has 1 aromatic carbocycles. The van der Waals surface area contributed by atoms with Crippen molar-refractivity contribution in [1.29, 1.82) is 0 Å². The van der Waals surface area contributed by atoms with Crippen LogP contribution in [0.3, 0.4) is 0 Å². The Bertz CT molecular complexity index is 668. The van der Waals surface area contributed by atoms with Crippen molar-refractivity contribution in [3.05, 3.63) is 41.6 Å². The van der Waals surface area contributed by atoms with Crippen LogP contribution in [-0.4, -0.2) is 30.1 Å².